The number of nitrogens with zero attached hydrogens (tertiary/aromatic N) is 1. The Kier molecular flexibility index (Phi) is 5.33. The molecule has 5 heteroatoms. The van der Waals surface area contributed by atoms with Crippen molar-refractivity contribution in [3.8, 4) is 0 Å². The molecule has 25 heavy (non-hydrogen) atoms. The largest absolute Gasteiger partial charge is 0.375 e. The number of carbonyl (C=O) groups excluding carboxylic acids is 2. The van der Waals surface area contributed by atoms with E-state index in [1.54, 1.807) is 0 Å². The van der Waals surface area contributed by atoms with Gasteiger partial charge in [0.1, 0.15) is 0 Å². The summed E-state index contributed by atoms with van der Waals surface area (Å²) in [5.74, 6) is -0.103. The molecule has 0 aromatic heterocycles. The maximum absolute atomic E-state index is 12.8. The summed E-state index contributed by atoms with van der Waals surface area (Å²) in [6, 6.07) is 15.0. The van der Waals surface area contributed by atoms with Gasteiger partial charge in [-0.1, -0.05) is 30.3 Å². The predicted molar refractivity (Wildman–Crippen MR) is 99.9 cm³/mol. The van der Waals surface area contributed by atoms with Crippen LogP contribution in [0, 0.1) is 6.92 Å². The van der Waals surface area contributed by atoms with Gasteiger partial charge in [0.25, 0.3) is 5.91 Å². The van der Waals surface area contributed by atoms with Crippen LogP contribution >= 0.6 is 0 Å². The van der Waals surface area contributed by atoms with Gasteiger partial charge < -0.3 is 15.5 Å². The Hall–Kier alpha value is -2.82. The summed E-state index contributed by atoms with van der Waals surface area (Å²) in [6.07, 6.45) is 2.11. The fourth-order valence-corrected chi connectivity index (χ4v) is 3.08. The zero-order chi connectivity index (χ0) is 17.6. The molecule has 2 amide bonds. The second-order valence-corrected chi connectivity index (χ2v) is 6.26. The maximum Gasteiger partial charge on any atom is 0.256 e. The number of hydrogen-bond acceptors (Lipinski definition) is 3. The predicted octanol–water partition coefficient (Wildman–Crippen LogP) is 3.28. The fraction of sp³-hybridized carbons (Fsp3) is 0.300. The van der Waals surface area contributed by atoms with Crippen LogP contribution < -0.4 is 10.6 Å². The van der Waals surface area contributed by atoms with Crippen molar-refractivity contribution in [2.45, 2.75) is 19.8 Å². The molecule has 1 saturated heterocycles. The van der Waals surface area contributed by atoms with E-state index in [2.05, 4.69) is 10.6 Å². The molecular formula is C20H23N3O2. The summed E-state index contributed by atoms with van der Waals surface area (Å²) in [5.41, 5.74) is 3.05. The van der Waals surface area contributed by atoms with E-state index < -0.39 is 0 Å². The van der Waals surface area contributed by atoms with E-state index in [4.69, 9.17) is 0 Å². The third kappa shape index (κ3) is 4.18. The van der Waals surface area contributed by atoms with Crippen LogP contribution in [-0.4, -0.2) is 36.3 Å². The molecule has 1 aliphatic rings. The number of benzene rings is 2. The van der Waals surface area contributed by atoms with Gasteiger partial charge in [-0.25, -0.2) is 0 Å². The lowest BCUT2D eigenvalue weighted by molar-refractivity contribution is -0.114. The van der Waals surface area contributed by atoms with E-state index >= 15 is 0 Å². The highest BCUT2D eigenvalue weighted by molar-refractivity contribution is 6.02. The molecule has 2 aromatic carbocycles. The molecule has 5 nitrogen and oxygen atoms in total. The Morgan fingerprint density at radius 3 is 2.44 bits per heavy atom. The van der Waals surface area contributed by atoms with Crippen LogP contribution in [0.25, 0.3) is 0 Å². The van der Waals surface area contributed by atoms with Crippen LogP contribution in [0.3, 0.4) is 0 Å². The van der Waals surface area contributed by atoms with Crippen LogP contribution in [0.5, 0.6) is 0 Å². The summed E-state index contributed by atoms with van der Waals surface area (Å²) >= 11 is 0. The lowest BCUT2D eigenvalue weighted by Gasteiger charge is -2.20. The van der Waals surface area contributed by atoms with Gasteiger partial charge in [-0.05, 0) is 43.5 Å². The van der Waals surface area contributed by atoms with Crippen LogP contribution in [0.15, 0.2) is 48.5 Å². The highest BCUT2D eigenvalue weighted by Gasteiger charge is 2.23. The van der Waals surface area contributed by atoms with Crippen LogP contribution in [0.1, 0.15) is 28.8 Å². The van der Waals surface area contributed by atoms with E-state index in [0.717, 1.165) is 37.2 Å². The summed E-state index contributed by atoms with van der Waals surface area (Å²) in [7, 11) is 0. The number of hydrogen-bond donors (Lipinski definition) is 2. The van der Waals surface area contributed by atoms with Crippen molar-refractivity contribution in [1.82, 2.24) is 4.90 Å². The molecule has 0 radical (unpaired) electrons. The van der Waals surface area contributed by atoms with Gasteiger partial charge in [-0.2, -0.15) is 0 Å². The maximum atomic E-state index is 12.8. The van der Waals surface area contributed by atoms with E-state index in [9.17, 15) is 9.59 Å². The van der Waals surface area contributed by atoms with Crippen molar-refractivity contribution in [2.75, 3.05) is 30.3 Å². The Labute approximate surface area is 148 Å². The molecule has 1 aliphatic heterocycles. The fourth-order valence-electron chi connectivity index (χ4n) is 3.08. The lowest BCUT2D eigenvalue weighted by atomic mass is 10.0. The quantitative estimate of drug-likeness (QED) is 0.880. The number of nitrogens with one attached hydrogen (secondary N) is 2. The van der Waals surface area contributed by atoms with E-state index in [1.807, 2.05) is 60.4 Å². The first-order valence-corrected chi connectivity index (χ1v) is 8.63. The third-order valence-electron chi connectivity index (χ3n) is 4.38. The number of para-hydroxylation sites is 1. The van der Waals surface area contributed by atoms with Gasteiger partial charge in [0.05, 0.1) is 12.1 Å². The average Bonchev–Trinajstić information content (AvgIpc) is 3.15. The molecule has 0 aliphatic carbocycles. The van der Waals surface area contributed by atoms with Crippen LogP contribution in [0.4, 0.5) is 11.4 Å². The molecule has 0 saturated carbocycles. The number of anilines is 2. The Morgan fingerprint density at radius 2 is 1.72 bits per heavy atom. The van der Waals surface area contributed by atoms with Gasteiger partial charge in [0, 0.05) is 24.5 Å². The minimum atomic E-state index is -0.146. The van der Waals surface area contributed by atoms with Crippen molar-refractivity contribution >= 4 is 23.2 Å². The average molecular weight is 337 g/mol. The Balaban J connectivity index is 1.69. The van der Waals surface area contributed by atoms with E-state index in [1.165, 1.54) is 0 Å². The molecule has 3 rings (SSSR count). The molecule has 0 unspecified atom stereocenters. The highest BCUT2D eigenvalue weighted by Crippen LogP contribution is 2.23. The SMILES string of the molecule is Cc1cccc(NCC(=O)Nc2ccccc2)c1C(=O)N1CCCC1. The van der Waals surface area contributed by atoms with Gasteiger partial charge in [0.2, 0.25) is 5.91 Å². The second kappa shape index (κ2) is 7.83. The number of rotatable bonds is 5. The number of carbonyl (C=O) groups is 2. The molecule has 1 heterocycles. The lowest BCUT2D eigenvalue weighted by Crippen LogP contribution is -2.30. The van der Waals surface area contributed by atoms with Gasteiger partial charge in [-0.3, -0.25) is 9.59 Å². The zero-order valence-electron chi connectivity index (χ0n) is 14.4. The summed E-state index contributed by atoms with van der Waals surface area (Å²) in [4.78, 5) is 26.8. The Morgan fingerprint density at radius 1 is 1.00 bits per heavy atom. The standard InChI is InChI=1S/C20H23N3O2/c1-15-8-7-11-17(19(15)20(25)23-12-5-6-13-23)21-14-18(24)22-16-9-3-2-4-10-16/h2-4,7-11,21H,5-6,12-14H2,1H3,(H,22,24). The first kappa shape index (κ1) is 17.0. The number of aryl methyl sites for hydroxylation is 1. The molecule has 130 valence electrons. The number of likely N-dealkylation sites (tertiary alicyclic amines) is 1. The number of amides is 2. The molecule has 0 bridgehead atoms. The monoisotopic (exact) mass is 337 g/mol. The van der Waals surface area contributed by atoms with Crippen LogP contribution in [-0.2, 0) is 4.79 Å². The zero-order valence-corrected chi connectivity index (χ0v) is 14.4. The van der Waals surface area contributed by atoms with E-state index in [0.29, 0.717) is 11.3 Å². The summed E-state index contributed by atoms with van der Waals surface area (Å²) in [5, 5.41) is 5.95. The molecule has 2 aromatic rings. The minimum absolute atomic E-state index is 0.0431. The summed E-state index contributed by atoms with van der Waals surface area (Å²) in [6.45, 7) is 3.65. The third-order valence-corrected chi connectivity index (χ3v) is 4.38. The van der Waals surface area contributed by atoms with Crippen molar-refractivity contribution in [2.24, 2.45) is 0 Å². The molecule has 1 fully saturated rings. The van der Waals surface area contributed by atoms with Gasteiger partial charge in [0.15, 0.2) is 0 Å². The second-order valence-electron chi connectivity index (χ2n) is 6.26. The van der Waals surface area contributed by atoms with Crippen molar-refractivity contribution in [3.63, 3.8) is 0 Å². The molecule has 0 atom stereocenters. The first-order valence-electron chi connectivity index (χ1n) is 8.63. The topological polar surface area (TPSA) is 61.4 Å². The molecule has 2 N–H and O–H groups in total. The highest BCUT2D eigenvalue weighted by atomic mass is 16.2. The molecular weight excluding hydrogens is 314 g/mol. The van der Waals surface area contributed by atoms with Crippen molar-refractivity contribution < 1.29 is 9.59 Å². The molecule has 0 spiro atoms. The van der Waals surface area contributed by atoms with E-state index in [-0.39, 0.29) is 18.4 Å². The summed E-state index contributed by atoms with van der Waals surface area (Å²) < 4.78 is 0. The van der Waals surface area contributed by atoms with Crippen LogP contribution in [0.2, 0.25) is 0 Å². The first-order chi connectivity index (χ1) is 12.1. The van der Waals surface area contributed by atoms with Gasteiger partial charge in [-0.15, -0.1) is 0 Å². The van der Waals surface area contributed by atoms with Crippen molar-refractivity contribution in [1.29, 1.82) is 0 Å². The van der Waals surface area contributed by atoms with Crippen molar-refractivity contribution in [3.05, 3.63) is 59.7 Å². The smallest absolute Gasteiger partial charge is 0.256 e. The normalized spacial score (nSPS) is 13.6. The minimum Gasteiger partial charge on any atom is -0.375 e. The van der Waals surface area contributed by atoms with Gasteiger partial charge >= 0.3 is 0 Å². The Bertz CT molecular complexity index is 753.